The molecule has 0 aliphatic carbocycles. The van der Waals surface area contributed by atoms with Crippen LogP contribution in [0.2, 0.25) is 0 Å². The maximum Gasteiger partial charge on any atom is 0.261 e. The van der Waals surface area contributed by atoms with Crippen molar-refractivity contribution in [2.75, 3.05) is 6.54 Å². The van der Waals surface area contributed by atoms with E-state index in [9.17, 15) is 4.79 Å². The van der Waals surface area contributed by atoms with Gasteiger partial charge in [0.25, 0.3) is 5.56 Å². The molecule has 0 fully saturated rings. The monoisotopic (exact) mass is 234 g/mol. The maximum absolute atomic E-state index is 12.0. The molecule has 6 nitrogen and oxygen atoms in total. The Morgan fingerprint density at radius 3 is 3.06 bits per heavy atom. The summed E-state index contributed by atoms with van der Waals surface area (Å²) in [6.45, 7) is 2.96. The Labute approximate surface area is 98.1 Å². The van der Waals surface area contributed by atoms with Crippen molar-refractivity contribution in [3.05, 3.63) is 34.6 Å². The molecule has 0 saturated heterocycles. The van der Waals surface area contributed by atoms with Crippen LogP contribution in [0.15, 0.2) is 27.6 Å². The van der Waals surface area contributed by atoms with Gasteiger partial charge in [0, 0.05) is 25.7 Å². The van der Waals surface area contributed by atoms with E-state index in [0.29, 0.717) is 36.8 Å². The fourth-order valence-electron chi connectivity index (χ4n) is 1.55. The lowest BCUT2D eigenvalue weighted by molar-refractivity contribution is 0.380. The smallest absolute Gasteiger partial charge is 0.261 e. The van der Waals surface area contributed by atoms with E-state index in [1.165, 1.54) is 0 Å². The van der Waals surface area contributed by atoms with E-state index in [0.717, 1.165) is 0 Å². The van der Waals surface area contributed by atoms with Crippen molar-refractivity contribution in [2.45, 2.75) is 19.9 Å². The zero-order valence-electron chi connectivity index (χ0n) is 9.59. The highest BCUT2D eigenvalue weighted by molar-refractivity contribution is 5.52. The average Bonchev–Trinajstić information content (AvgIpc) is 2.78. The fourth-order valence-corrected chi connectivity index (χ4v) is 1.55. The Balaban J connectivity index is 2.42. The van der Waals surface area contributed by atoms with E-state index in [-0.39, 0.29) is 5.56 Å². The molecule has 0 aliphatic rings. The number of aromatic nitrogens is 3. The zero-order valence-corrected chi connectivity index (χ0v) is 9.59. The Morgan fingerprint density at radius 2 is 2.35 bits per heavy atom. The van der Waals surface area contributed by atoms with Crippen molar-refractivity contribution in [2.24, 2.45) is 5.73 Å². The van der Waals surface area contributed by atoms with Crippen LogP contribution < -0.4 is 11.3 Å². The molecule has 0 atom stereocenters. The molecule has 6 heteroatoms. The van der Waals surface area contributed by atoms with Crippen LogP contribution in [0.3, 0.4) is 0 Å². The molecule has 90 valence electrons. The predicted octanol–water partition coefficient (Wildman–Crippen LogP) is 0.419. The molecular weight excluding hydrogens is 220 g/mol. The van der Waals surface area contributed by atoms with Crippen molar-refractivity contribution < 1.29 is 4.52 Å². The first-order chi connectivity index (χ1) is 8.26. The molecule has 0 amide bonds. The van der Waals surface area contributed by atoms with Crippen molar-refractivity contribution in [1.82, 2.24) is 14.7 Å². The lowest BCUT2D eigenvalue weighted by Gasteiger charge is -2.01. The van der Waals surface area contributed by atoms with Crippen LogP contribution >= 0.6 is 0 Å². The van der Waals surface area contributed by atoms with Crippen LogP contribution in [-0.2, 0) is 13.0 Å². The van der Waals surface area contributed by atoms with E-state index in [1.807, 2.05) is 6.92 Å². The van der Waals surface area contributed by atoms with Gasteiger partial charge in [-0.1, -0.05) is 5.16 Å². The summed E-state index contributed by atoms with van der Waals surface area (Å²) in [7, 11) is 0. The molecule has 0 aromatic carbocycles. The lowest BCUT2D eigenvalue weighted by Crippen LogP contribution is -2.20. The van der Waals surface area contributed by atoms with Gasteiger partial charge in [0.1, 0.15) is 0 Å². The average molecular weight is 234 g/mol. The molecule has 0 radical (unpaired) electrons. The van der Waals surface area contributed by atoms with Gasteiger partial charge in [-0.2, -0.15) is 4.98 Å². The van der Waals surface area contributed by atoms with Gasteiger partial charge in [-0.15, -0.1) is 0 Å². The van der Waals surface area contributed by atoms with Crippen LogP contribution in [0.25, 0.3) is 11.4 Å². The normalized spacial score (nSPS) is 10.7. The van der Waals surface area contributed by atoms with E-state index < -0.39 is 0 Å². The van der Waals surface area contributed by atoms with Gasteiger partial charge in [0.2, 0.25) is 11.7 Å². The molecule has 0 spiro atoms. The third-order valence-electron chi connectivity index (χ3n) is 2.43. The molecule has 0 unspecified atom stereocenters. The Morgan fingerprint density at radius 1 is 1.53 bits per heavy atom. The largest absolute Gasteiger partial charge is 0.339 e. The molecule has 17 heavy (non-hydrogen) atoms. The van der Waals surface area contributed by atoms with Gasteiger partial charge < -0.3 is 14.8 Å². The summed E-state index contributed by atoms with van der Waals surface area (Å²) in [5.74, 6) is 0.773. The van der Waals surface area contributed by atoms with E-state index in [1.54, 1.807) is 22.9 Å². The Bertz CT molecular complexity index is 559. The second-order valence-corrected chi connectivity index (χ2v) is 3.56. The quantitative estimate of drug-likeness (QED) is 0.828. The molecular formula is C11H14N4O2. The van der Waals surface area contributed by atoms with E-state index in [4.69, 9.17) is 10.3 Å². The first-order valence-corrected chi connectivity index (χ1v) is 5.48. The third kappa shape index (κ3) is 2.26. The minimum absolute atomic E-state index is 0.116. The summed E-state index contributed by atoms with van der Waals surface area (Å²) in [5.41, 5.74) is 5.72. The first kappa shape index (κ1) is 11.5. The number of nitrogens with zero attached hydrogens (tertiary/aromatic N) is 3. The summed E-state index contributed by atoms with van der Waals surface area (Å²) in [5, 5.41) is 3.79. The van der Waals surface area contributed by atoms with Gasteiger partial charge in [-0.05, 0) is 19.1 Å². The van der Waals surface area contributed by atoms with Crippen LogP contribution in [0, 0.1) is 0 Å². The summed E-state index contributed by atoms with van der Waals surface area (Å²) in [6.07, 6.45) is 2.24. The molecule has 0 bridgehead atoms. The Kier molecular flexibility index (Phi) is 3.34. The van der Waals surface area contributed by atoms with Gasteiger partial charge in [0.15, 0.2) is 0 Å². The second-order valence-electron chi connectivity index (χ2n) is 3.56. The molecule has 0 aliphatic heterocycles. The van der Waals surface area contributed by atoms with Crippen LogP contribution in [-0.4, -0.2) is 21.3 Å². The summed E-state index contributed by atoms with van der Waals surface area (Å²) in [4.78, 5) is 16.1. The number of hydrogen-bond donors (Lipinski definition) is 1. The second kappa shape index (κ2) is 4.92. The van der Waals surface area contributed by atoms with Crippen LogP contribution in [0.4, 0.5) is 0 Å². The molecule has 2 aromatic rings. The molecule has 0 saturated carbocycles. The van der Waals surface area contributed by atoms with Crippen molar-refractivity contribution in [3.8, 4) is 11.4 Å². The van der Waals surface area contributed by atoms with Crippen molar-refractivity contribution in [1.29, 1.82) is 0 Å². The highest BCUT2D eigenvalue weighted by Gasteiger charge is 2.12. The number of nitrogens with two attached hydrogens (primary N) is 1. The van der Waals surface area contributed by atoms with Crippen LogP contribution in [0.5, 0.6) is 0 Å². The van der Waals surface area contributed by atoms with E-state index >= 15 is 0 Å². The standard InChI is InChI=1S/C11H14N4O2/c1-2-15-7-3-4-8(11(15)16)10-13-9(5-6-12)17-14-10/h3-4,7H,2,5-6,12H2,1H3. The number of pyridine rings is 1. The molecule has 2 aromatic heterocycles. The molecule has 2 rings (SSSR count). The maximum atomic E-state index is 12.0. The highest BCUT2D eigenvalue weighted by Crippen LogP contribution is 2.10. The van der Waals surface area contributed by atoms with Crippen molar-refractivity contribution in [3.63, 3.8) is 0 Å². The lowest BCUT2D eigenvalue weighted by atomic mass is 10.2. The molecule has 2 N–H and O–H groups in total. The topological polar surface area (TPSA) is 86.9 Å². The zero-order chi connectivity index (χ0) is 12.3. The number of aryl methyl sites for hydroxylation is 1. The highest BCUT2D eigenvalue weighted by atomic mass is 16.5. The SMILES string of the molecule is CCn1cccc(-c2noc(CCN)n2)c1=O. The summed E-state index contributed by atoms with van der Waals surface area (Å²) >= 11 is 0. The van der Waals surface area contributed by atoms with Crippen LogP contribution in [0.1, 0.15) is 12.8 Å². The van der Waals surface area contributed by atoms with Gasteiger partial charge in [0.05, 0.1) is 5.56 Å². The van der Waals surface area contributed by atoms with E-state index in [2.05, 4.69) is 10.1 Å². The minimum Gasteiger partial charge on any atom is -0.339 e. The Hall–Kier alpha value is -1.95. The molecule has 2 heterocycles. The summed E-state index contributed by atoms with van der Waals surface area (Å²) < 4.78 is 6.59. The van der Waals surface area contributed by atoms with Gasteiger partial charge in [-0.3, -0.25) is 4.79 Å². The predicted molar refractivity (Wildman–Crippen MR) is 62.4 cm³/mol. The van der Waals surface area contributed by atoms with Gasteiger partial charge >= 0.3 is 0 Å². The summed E-state index contributed by atoms with van der Waals surface area (Å²) in [6, 6.07) is 3.48. The van der Waals surface area contributed by atoms with Crippen molar-refractivity contribution >= 4 is 0 Å². The number of hydrogen-bond acceptors (Lipinski definition) is 5. The third-order valence-corrected chi connectivity index (χ3v) is 2.43. The number of rotatable bonds is 4. The first-order valence-electron chi connectivity index (χ1n) is 5.48. The fraction of sp³-hybridized carbons (Fsp3) is 0.364. The van der Waals surface area contributed by atoms with Gasteiger partial charge in [-0.25, -0.2) is 0 Å². The minimum atomic E-state index is -0.116.